The molecule has 12 rings (SSSR count). The summed E-state index contributed by atoms with van der Waals surface area (Å²) in [7, 11) is 0. The van der Waals surface area contributed by atoms with Crippen molar-refractivity contribution in [3.05, 3.63) is 0 Å². The summed E-state index contributed by atoms with van der Waals surface area (Å²) in [6, 6.07) is 0.869. The normalized spacial score (nSPS) is 74.9. The second-order valence-corrected chi connectivity index (χ2v) is 18.4. The molecule has 9 bridgehead atoms. The molecule has 37 heavy (non-hydrogen) atoms. The van der Waals surface area contributed by atoms with E-state index in [-0.39, 0.29) is 0 Å². The lowest BCUT2D eigenvalue weighted by Crippen LogP contribution is -2.87. The number of nitrogens with one attached hydrogen (secondary N) is 1. The molecule has 2 heterocycles. The van der Waals surface area contributed by atoms with E-state index in [0.29, 0.717) is 5.41 Å². The Balaban J connectivity index is 1.18. The van der Waals surface area contributed by atoms with E-state index in [1.807, 2.05) is 0 Å². The van der Waals surface area contributed by atoms with Crippen LogP contribution < -0.4 is 5.32 Å². The fourth-order valence-electron chi connectivity index (χ4n) is 18.8. The highest BCUT2D eigenvalue weighted by Crippen LogP contribution is 3.03. The molecule has 1 heteroatoms. The second-order valence-electron chi connectivity index (χ2n) is 18.4. The minimum absolute atomic E-state index is 0.715. The monoisotopic (exact) mass is 499 g/mol. The van der Waals surface area contributed by atoms with Gasteiger partial charge in [0, 0.05) is 6.04 Å². The molecule has 2 aliphatic heterocycles. The summed E-state index contributed by atoms with van der Waals surface area (Å²) in [5.41, 5.74) is 4.59. The van der Waals surface area contributed by atoms with E-state index in [1.165, 1.54) is 31.7 Å². The summed E-state index contributed by atoms with van der Waals surface area (Å²) in [6.45, 7) is 12.3. The average Bonchev–Trinajstić information content (AvgIpc) is 3.04. The van der Waals surface area contributed by atoms with E-state index in [9.17, 15) is 0 Å². The Bertz CT molecular complexity index is 1130. The molecule has 0 aromatic heterocycles. The number of hydrogen-bond donors (Lipinski definition) is 1. The zero-order valence-electron chi connectivity index (χ0n) is 24.3. The lowest BCUT2D eigenvalue weighted by molar-refractivity contribution is -0.432. The van der Waals surface area contributed by atoms with Crippen LogP contribution in [-0.4, -0.2) is 12.6 Å². The van der Waals surface area contributed by atoms with Gasteiger partial charge in [-0.2, -0.15) is 0 Å². The Morgan fingerprint density at radius 2 is 1.68 bits per heavy atom. The summed E-state index contributed by atoms with van der Waals surface area (Å²) in [4.78, 5) is 0. The Labute approximate surface area is 226 Å². The van der Waals surface area contributed by atoms with Gasteiger partial charge in [0.2, 0.25) is 0 Å². The van der Waals surface area contributed by atoms with Crippen molar-refractivity contribution in [3.8, 4) is 0 Å². The van der Waals surface area contributed by atoms with Crippen LogP contribution in [0, 0.1) is 97.6 Å². The maximum Gasteiger partial charge on any atom is 0.00983 e. The minimum atomic E-state index is 0.715. The van der Waals surface area contributed by atoms with E-state index in [2.05, 4.69) is 33.0 Å². The average molecular weight is 500 g/mol. The number of rotatable bonds is 4. The third kappa shape index (κ3) is 1.64. The van der Waals surface area contributed by atoms with Gasteiger partial charge in [0.15, 0.2) is 0 Å². The SMILES string of the molecule is CCCC1C2C3CC24C2CNC5CCC5C(C)C56CC7C5C(CC7(C)C57CCC5C7C14C2)C3(CCC)C6. The Morgan fingerprint density at radius 1 is 0.811 bits per heavy atom. The first-order valence-electron chi connectivity index (χ1n) is 17.6. The molecule has 0 aromatic carbocycles. The van der Waals surface area contributed by atoms with E-state index in [1.54, 1.807) is 64.2 Å². The van der Waals surface area contributed by atoms with Gasteiger partial charge in [-0.3, -0.25) is 0 Å². The first-order chi connectivity index (χ1) is 17.9. The van der Waals surface area contributed by atoms with Gasteiger partial charge in [-0.25, -0.2) is 0 Å². The van der Waals surface area contributed by atoms with Crippen molar-refractivity contribution in [1.29, 1.82) is 0 Å². The van der Waals surface area contributed by atoms with Gasteiger partial charge in [-0.1, -0.05) is 40.5 Å². The van der Waals surface area contributed by atoms with Gasteiger partial charge in [-0.05, 0) is 175 Å². The molecule has 10 saturated carbocycles. The van der Waals surface area contributed by atoms with E-state index < -0.39 is 0 Å². The quantitative estimate of drug-likeness (QED) is 0.414. The highest BCUT2D eigenvalue weighted by Gasteiger charge is 2.98. The van der Waals surface area contributed by atoms with Crippen LogP contribution in [0.5, 0.6) is 0 Å². The largest absolute Gasteiger partial charge is 0.313 e. The third-order valence-corrected chi connectivity index (χ3v) is 19.4. The highest BCUT2D eigenvalue weighted by molar-refractivity contribution is 5.46. The van der Waals surface area contributed by atoms with Crippen molar-refractivity contribution in [2.24, 2.45) is 97.6 Å². The summed E-state index contributed by atoms with van der Waals surface area (Å²) in [5, 5.41) is 4.35. The molecule has 12 aliphatic rings. The van der Waals surface area contributed by atoms with Gasteiger partial charge >= 0.3 is 0 Å². The molecule has 12 fully saturated rings. The van der Waals surface area contributed by atoms with Crippen molar-refractivity contribution in [2.45, 2.75) is 117 Å². The lowest BCUT2D eigenvalue weighted by atomic mass is 9.13. The summed E-state index contributed by atoms with van der Waals surface area (Å²) < 4.78 is 0. The van der Waals surface area contributed by atoms with Gasteiger partial charge in [0.1, 0.15) is 0 Å². The van der Waals surface area contributed by atoms with Crippen molar-refractivity contribution >= 4 is 0 Å². The third-order valence-electron chi connectivity index (χ3n) is 19.4. The molecule has 3 spiro atoms. The summed E-state index contributed by atoms with van der Waals surface area (Å²) in [5.74, 6) is 12.1. The molecule has 0 aromatic rings. The molecule has 1 nitrogen and oxygen atoms in total. The van der Waals surface area contributed by atoms with Gasteiger partial charge in [0.25, 0.3) is 0 Å². The predicted octanol–water partition coefficient (Wildman–Crippen LogP) is 7.94. The van der Waals surface area contributed by atoms with Crippen molar-refractivity contribution in [1.82, 2.24) is 5.32 Å². The zero-order valence-corrected chi connectivity index (χ0v) is 24.3. The summed E-state index contributed by atoms with van der Waals surface area (Å²) in [6.07, 6.45) is 20.8. The molecular formula is C36H53N. The molecule has 0 radical (unpaired) electrons. The van der Waals surface area contributed by atoms with Crippen LogP contribution in [0.1, 0.15) is 111 Å². The fourth-order valence-corrected chi connectivity index (χ4v) is 18.8. The van der Waals surface area contributed by atoms with Crippen LogP contribution in [0.4, 0.5) is 0 Å². The topological polar surface area (TPSA) is 12.0 Å². The molecular weight excluding hydrogens is 446 g/mol. The molecule has 0 amide bonds. The standard InChI is InChI=1S/C36H53N/c1-5-7-22-29-26-16-35(29)20-13-36(22,35)30-23-10-12-34(23,30)31(4)14-25-28-24(31)15-33(28,18-32(25,26)11-6-2)19(3)21-8-9-27(21)37-17-20/h19-30,37H,5-18H2,1-4H3. The van der Waals surface area contributed by atoms with Crippen LogP contribution in [0.25, 0.3) is 0 Å². The van der Waals surface area contributed by atoms with Crippen LogP contribution in [-0.2, 0) is 0 Å². The van der Waals surface area contributed by atoms with E-state index >= 15 is 0 Å². The number of hydrogen-bond acceptors (Lipinski definition) is 1. The minimum Gasteiger partial charge on any atom is -0.313 e. The smallest absolute Gasteiger partial charge is 0.00983 e. The lowest BCUT2D eigenvalue weighted by Gasteiger charge is -2.91. The first kappa shape index (κ1) is 21.7. The van der Waals surface area contributed by atoms with Gasteiger partial charge in [0.05, 0.1) is 0 Å². The summed E-state index contributed by atoms with van der Waals surface area (Å²) >= 11 is 0. The van der Waals surface area contributed by atoms with Crippen molar-refractivity contribution < 1.29 is 0 Å². The predicted molar refractivity (Wildman–Crippen MR) is 147 cm³/mol. The molecule has 18 unspecified atom stereocenters. The Kier molecular flexibility index (Phi) is 3.40. The van der Waals surface area contributed by atoms with E-state index in [0.717, 1.165) is 92.3 Å². The maximum absolute atomic E-state index is 4.35. The van der Waals surface area contributed by atoms with Gasteiger partial charge < -0.3 is 5.32 Å². The van der Waals surface area contributed by atoms with E-state index in [4.69, 9.17) is 0 Å². The van der Waals surface area contributed by atoms with Crippen LogP contribution in [0.3, 0.4) is 0 Å². The Morgan fingerprint density at radius 3 is 2.41 bits per heavy atom. The van der Waals surface area contributed by atoms with Crippen molar-refractivity contribution in [2.75, 3.05) is 6.54 Å². The number of fused-ring (bicyclic) bond motifs is 2. The fraction of sp³-hybridized carbons (Fsp3) is 1.00. The maximum atomic E-state index is 4.35. The first-order valence-corrected chi connectivity index (χ1v) is 17.6. The molecule has 2 saturated heterocycles. The molecule has 10 aliphatic carbocycles. The van der Waals surface area contributed by atoms with Crippen LogP contribution in [0.15, 0.2) is 0 Å². The second kappa shape index (κ2) is 5.81. The highest BCUT2D eigenvalue weighted by atomic mass is 15.1. The van der Waals surface area contributed by atoms with Crippen molar-refractivity contribution in [3.63, 3.8) is 0 Å². The molecule has 202 valence electrons. The Hall–Kier alpha value is -0.0400. The molecule has 1 N–H and O–H groups in total. The zero-order chi connectivity index (χ0) is 24.5. The molecule has 18 atom stereocenters. The van der Waals surface area contributed by atoms with Crippen LogP contribution >= 0.6 is 0 Å². The van der Waals surface area contributed by atoms with Crippen LogP contribution in [0.2, 0.25) is 0 Å². The van der Waals surface area contributed by atoms with Gasteiger partial charge in [-0.15, -0.1) is 0 Å².